The summed E-state index contributed by atoms with van der Waals surface area (Å²) in [7, 11) is 0. The molecule has 0 amide bonds. The molecule has 1 atom stereocenters. The fourth-order valence-electron chi connectivity index (χ4n) is 7.61. The first-order valence-corrected chi connectivity index (χ1v) is 30.0. The van der Waals surface area contributed by atoms with E-state index in [1.54, 1.807) is 0 Å². The van der Waals surface area contributed by atoms with E-state index in [4.69, 9.17) is 14.2 Å². The second-order valence-electron chi connectivity index (χ2n) is 19.1. The lowest BCUT2D eigenvalue weighted by atomic mass is 10.1. The third kappa shape index (κ3) is 59.8. The second kappa shape index (κ2) is 61.6. The summed E-state index contributed by atoms with van der Waals surface area (Å²) in [6, 6.07) is 0. The molecule has 0 saturated heterocycles. The fraction of sp³-hybridized carbons (Fsp3) is 0.580. The van der Waals surface area contributed by atoms with Crippen LogP contribution in [0.15, 0.2) is 158 Å². The minimum atomic E-state index is -0.817. The van der Waals surface area contributed by atoms with Crippen LogP contribution in [0, 0.1) is 0 Å². The van der Waals surface area contributed by atoms with Gasteiger partial charge in [-0.3, -0.25) is 14.4 Å². The Hall–Kier alpha value is -4.97. The zero-order chi connectivity index (χ0) is 54.3. The maximum absolute atomic E-state index is 12.8. The molecule has 0 bridgehead atoms. The average Bonchev–Trinajstić information content (AvgIpc) is 3.41. The molecule has 420 valence electrons. The van der Waals surface area contributed by atoms with Crippen molar-refractivity contribution >= 4 is 17.9 Å². The molecular weight excluding hydrogens is 925 g/mol. The molecule has 0 aromatic carbocycles. The van der Waals surface area contributed by atoms with E-state index >= 15 is 0 Å². The van der Waals surface area contributed by atoms with Crippen LogP contribution in [0.5, 0.6) is 0 Å². The number of unbranched alkanes of at least 4 members (excludes halogenated alkanes) is 15. The van der Waals surface area contributed by atoms with Crippen LogP contribution in [0.3, 0.4) is 0 Å². The Kier molecular flexibility index (Phi) is 57.5. The first-order chi connectivity index (χ1) is 37.0. The van der Waals surface area contributed by atoms with Crippen LogP contribution < -0.4 is 0 Å². The number of carbonyl (C=O) groups excluding carboxylic acids is 3. The smallest absolute Gasteiger partial charge is 0.306 e. The maximum Gasteiger partial charge on any atom is 0.306 e. The van der Waals surface area contributed by atoms with E-state index < -0.39 is 6.10 Å². The molecule has 0 heterocycles. The van der Waals surface area contributed by atoms with Gasteiger partial charge in [-0.05, 0) is 122 Å². The highest BCUT2D eigenvalue weighted by Gasteiger charge is 2.19. The molecule has 1 unspecified atom stereocenters. The summed E-state index contributed by atoms with van der Waals surface area (Å²) >= 11 is 0. The third-order valence-electron chi connectivity index (χ3n) is 12.0. The van der Waals surface area contributed by atoms with Crippen LogP contribution in [0.25, 0.3) is 0 Å². The Morgan fingerprint density at radius 2 is 0.533 bits per heavy atom. The van der Waals surface area contributed by atoms with Crippen molar-refractivity contribution in [3.8, 4) is 0 Å². The quantitative estimate of drug-likeness (QED) is 0.0261. The van der Waals surface area contributed by atoms with Gasteiger partial charge in [0.15, 0.2) is 6.10 Å². The molecule has 6 heteroatoms. The largest absolute Gasteiger partial charge is 0.462 e. The molecule has 0 aromatic rings. The Morgan fingerprint density at radius 3 is 0.853 bits per heavy atom. The van der Waals surface area contributed by atoms with E-state index in [1.807, 2.05) is 0 Å². The van der Waals surface area contributed by atoms with Crippen molar-refractivity contribution in [2.45, 2.75) is 245 Å². The molecule has 0 radical (unpaired) electrons. The first kappa shape index (κ1) is 70.0. The summed E-state index contributed by atoms with van der Waals surface area (Å²) < 4.78 is 16.7. The van der Waals surface area contributed by atoms with Gasteiger partial charge in [0, 0.05) is 19.3 Å². The number of rotatable bonds is 52. The molecule has 0 aliphatic carbocycles. The van der Waals surface area contributed by atoms with Gasteiger partial charge in [-0.1, -0.05) is 256 Å². The monoisotopic (exact) mass is 1030 g/mol. The minimum absolute atomic E-state index is 0.110. The zero-order valence-corrected chi connectivity index (χ0v) is 48.0. The number of carbonyl (C=O) groups is 3. The summed E-state index contributed by atoms with van der Waals surface area (Å²) in [5, 5.41) is 0. The van der Waals surface area contributed by atoms with E-state index in [1.165, 1.54) is 57.8 Å². The Bertz CT molecular complexity index is 1710. The van der Waals surface area contributed by atoms with Crippen molar-refractivity contribution in [1.29, 1.82) is 0 Å². The van der Waals surface area contributed by atoms with Crippen molar-refractivity contribution in [1.82, 2.24) is 0 Å². The van der Waals surface area contributed by atoms with E-state index in [9.17, 15) is 14.4 Å². The Labute approximate surface area is 460 Å². The highest BCUT2D eigenvalue weighted by molar-refractivity contribution is 5.71. The highest BCUT2D eigenvalue weighted by Crippen LogP contribution is 2.13. The Balaban J connectivity index is 4.32. The standard InChI is InChI=1S/C69H108O6/c1-4-7-10-13-16-18-20-22-24-26-28-30-32-33-34-35-37-38-40-42-44-46-48-50-53-56-59-62-68(71)74-65-66(64-73-67(70)61-58-55-52-15-12-9-6-3)75-69(72)63-60-57-54-51-49-47-45-43-41-39-36-31-29-27-25-23-21-19-17-14-11-8-5-2/h7-8,10-11,16-19,22-25,28-31,33-34,37-39,41,45,47,51,54,66H,4-6,9,12-15,20-21,26-27,32,35-36,40,42-44,46,48-50,52-53,55-65H2,1-3H3/b10-7-,11-8-,18-16-,19-17-,24-22-,25-23-,30-28-,31-29-,34-33-,38-37-,41-39-,47-45-,54-51-. The Morgan fingerprint density at radius 1 is 0.280 bits per heavy atom. The molecule has 0 rings (SSSR count). The maximum atomic E-state index is 12.8. The van der Waals surface area contributed by atoms with Gasteiger partial charge in [-0.15, -0.1) is 0 Å². The number of hydrogen-bond donors (Lipinski definition) is 0. The van der Waals surface area contributed by atoms with Crippen LogP contribution in [-0.2, 0) is 28.6 Å². The summed E-state index contributed by atoms with van der Waals surface area (Å²) in [5.74, 6) is -0.993. The predicted octanol–water partition coefficient (Wildman–Crippen LogP) is 20.5. The van der Waals surface area contributed by atoms with Gasteiger partial charge in [-0.2, -0.15) is 0 Å². The summed E-state index contributed by atoms with van der Waals surface area (Å²) in [5.41, 5.74) is 0. The van der Waals surface area contributed by atoms with Crippen molar-refractivity contribution in [2.75, 3.05) is 13.2 Å². The number of allylic oxidation sites excluding steroid dienone is 26. The fourth-order valence-corrected chi connectivity index (χ4v) is 7.61. The van der Waals surface area contributed by atoms with Crippen LogP contribution in [0.1, 0.15) is 239 Å². The van der Waals surface area contributed by atoms with E-state index in [-0.39, 0.29) is 37.5 Å². The number of esters is 3. The van der Waals surface area contributed by atoms with Gasteiger partial charge in [-0.25, -0.2) is 0 Å². The second-order valence-corrected chi connectivity index (χ2v) is 19.1. The lowest BCUT2D eigenvalue weighted by Gasteiger charge is -2.18. The van der Waals surface area contributed by atoms with Crippen LogP contribution in [0.4, 0.5) is 0 Å². The van der Waals surface area contributed by atoms with Gasteiger partial charge in [0.1, 0.15) is 13.2 Å². The molecule has 0 saturated carbocycles. The van der Waals surface area contributed by atoms with Crippen molar-refractivity contribution < 1.29 is 28.6 Å². The average molecular weight is 1030 g/mol. The normalized spacial score (nSPS) is 13.3. The van der Waals surface area contributed by atoms with Gasteiger partial charge < -0.3 is 14.2 Å². The molecule has 0 N–H and O–H groups in total. The van der Waals surface area contributed by atoms with Gasteiger partial charge >= 0.3 is 17.9 Å². The van der Waals surface area contributed by atoms with E-state index in [0.717, 1.165) is 135 Å². The SMILES string of the molecule is CC/C=C\C/C=C\C/C=C\C/C=C\C/C=C\C/C=C\C/C=C\CCCC(=O)OC(COC(=O)CCCCCCCCC)COC(=O)CCCCCCCCCC/C=C\C/C=C\C/C=C\C/C=C\C/C=C\C/C=C\CC. The van der Waals surface area contributed by atoms with Crippen LogP contribution in [0.2, 0.25) is 0 Å². The molecule has 0 fully saturated rings. The number of ether oxygens (including phenoxy) is 3. The molecule has 0 spiro atoms. The van der Waals surface area contributed by atoms with Crippen LogP contribution >= 0.6 is 0 Å². The lowest BCUT2D eigenvalue weighted by Crippen LogP contribution is -2.30. The predicted molar refractivity (Wildman–Crippen MR) is 325 cm³/mol. The van der Waals surface area contributed by atoms with Crippen molar-refractivity contribution in [3.63, 3.8) is 0 Å². The summed E-state index contributed by atoms with van der Waals surface area (Å²) in [6.07, 6.45) is 89.8. The summed E-state index contributed by atoms with van der Waals surface area (Å²) in [4.78, 5) is 38.0. The highest BCUT2D eigenvalue weighted by atomic mass is 16.6. The van der Waals surface area contributed by atoms with E-state index in [0.29, 0.717) is 19.3 Å². The number of hydrogen-bond acceptors (Lipinski definition) is 6. The van der Waals surface area contributed by atoms with Gasteiger partial charge in [0.2, 0.25) is 0 Å². The van der Waals surface area contributed by atoms with Crippen molar-refractivity contribution in [3.05, 3.63) is 158 Å². The minimum Gasteiger partial charge on any atom is -0.462 e. The molecular formula is C69H108O6. The summed E-state index contributed by atoms with van der Waals surface area (Å²) in [6.45, 7) is 6.30. The zero-order valence-electron chi connectivity index (χ0n) is 48.0. The topological polar surface area (TPSA) is 78.9 Å². The van der Waals surface area contributed by atoms with Gasteiger partial charge in [0.25, 0.3) is 0 Å². The first-order valence-electron chi connectivity index (χ1n) is 30.0. The lowest BCUT2D eigenvalue weighted by molar-refractivity contribution is -0.167. The van der Waals surface area contributed by atoms with E-state index in [2.05, 4.69) is 179 Å². The van der Waals surface area contributed by atoms with Crippen LogP contribution in [-0.4, -0.2) is 37.2 Å². The molecule has 0 aromatic heterocycles. The van der Waals surface area contributed by atoms with Crippen molar-refractivity contribution in [2.24, 2.45) is 0 Å². The van der Waals surface area contributed by atoms with Gasteiger partial charge in [0.05, 0.1) is 0 Å². The molecule has 6 nitrogen and oxygen atoms in total. The molecule has 75 heavy (non-hydrogen) atoms. The molecule has 0 aliphatic heterocycles. The molecule has 0 aliphatic rings. The third-order valence-corrected chi connectivity index (χ3v) is 12.0.